The third-order valence-corrected chi connectivity index (χ3v) is 7.94. The molecular formula is C31H34MoO4P-. The monoisotopic (exact) mass is 599 g/mol. The molecule has 194 valence electrons. The minimum absolute atomic E-state index is 0. The molecule has 0 N–H and O–H groups in total. The van der Waals surface area contributed by atoms with Crippen LogP contribution < -0.4 is 15.9 Å². The second-order valence-corrected chi connectivity index (χ2v) is 10.3. The summed E-state index contributed by atoms with van der Waals surface area (Å²) in [5.41, 5.74) is 0. The molecule has 2 fully saturated rings. The molecule has 3 aromatic carbocycles. The van der Waals surface area contributed by atoms with E-state index in [0.717, 1.165) is 19.4 Å². The zero-order chi connectivity index (χ0) is 26.3. The molecule has 5 rings (SSSR count). The molecule has 37 heavy (non-hydrogen) atoms. The molecule has 4 nitrogen and oxygen atoms in total. The quantitative estimate of drug-likeness (QED) is 0.0840. The average Bonchev–Trinajstić information content (AvgIpc) is 3.58. The number of ether oxygens (including phenoxy) is 1. The van der Waals surface area contributed by atoms with Crippen LogP contribution in [0.4, 0.5) is 0 Å². The number of unbranched alkanes of at least 4 members (excludes halogenated alkanes) is 1. The van der Waals surface area contributed by atoms with E-state index in [-0.39, 0.29) is 21.1 Å². The molecule has 1 aliphatic carbocycles. The van der Waals surface area contributed by atoms with E-state index in [1.165, 1.54) is 48.0 Å². The Labute approximate surface area is 237 Å². The molecule has 1 saturated heterocycles. The van der Waals surface area contributed by atoms with Crippen molar-refractivity contribution >= 4 is 30.1 Å². The maximum Gasteiger partial charge on any atom is 0 e. The van der Waals surface area contributed by atoms with E-state index >= 15 is 0 Å². The maximum absolute atomic E-state index is 9.64. The second kappa shape index (κ2) is 24.2. The Morgan fingerprint density at radius 2 is 1.03 bits per heavy atom. The van der Waals surface area contributed by atoms with Crippen LogP contribution >= 0.6 is 7.92 Å². The van der Waals surface area contributed by atoms with Gasteiger partial charge >= 0.3 is 22.6 Å². The maximum atomic E-state index is 9.64. The SMILES string of the molecule is C1CCCC1.O=[C-]CCCC1CO1.[C-]#[O+].[C-]#[O+].[Mo].c1ccc(P(c2ccccc2)c2ccccc2)cc1. The molecule has 2 aliphatic rings. The zero-order valence-electron chi connectivity index (χ0n) is 21.1. The number of hydrogen-bond acceptors (Lipinski definition) is 2. The average molecular weight is 598 g/mol. The fourth-order valence-corrected chi connectivity index (χ4v) is 6.00. The molecule has 1 heterocycles. The van der Waals surface area contributed by atoms with Crippen LogP contribution in [-0.4, -0.2) is 19.0 Å². The summed E-state index contributed by atoms with van der Waals surface area (Å²) in [5.74, 6) is 0. The van der Waals surface area contributed by atoms with Crippen molar-refractivity contribution in [3.05, 3.63) is 104 Å². The van der Waals surface area contributed by atoms with Crippen LogP contribution in [0.2, 0.25) is 0 Å². The van der Waals surface area contributed by atoms with E-state index in [0.29, 0.717) is 12.5 Å². The Kier molecular flexibility index (Phi) is 22.9. The van der Waals surface area contributed by atoms with Crippen molar-refractivity contribution in [2.24, 2.45) is 0 Å². The standard InChI is InChI=1S/C18H15P.C6H9O2.C5H10.2CO.Mo/c1-4-10-16(11-5-1)19(17-12-6-2-7-13-17)18-14-8-3-9-15-18;7-4-2-1-3-6-5-8-6;1-2-4-5-3-1;2*1-2;/h1-15H;6H,1-3,5H2;1-5H2;;;/q;-1;;;;. The second-order valence-electron chi connectivity index (χ2n) is 8.10. The Morgan fingerprint density at radius 3 is 1.30 bits per heavy atom. The number of carbonyl (C=O) groups excluding carboxylic acids is 1. The van der Waals surface area contributed by atoms with Crippen molar-refractivity contribution in [3.8, 4) is 0 Å². The van der Waals surface area contributed by atoms with Gasteiger partial charge < -0.3 is 9.53 Å². The van der Waals surface area contributed by atoms with Gasteiger partial charge in [0.1, 0.15) is 0 Å². The molecule has 0 spiro atoms. The summed E-state index contributed by atoms with van der Waals surface area (Å²) >= 11 is 0. The summed E-state index contributed by atoms with van der Waals surface area (Å²) in [4.78, 5) is 9.64. The van der Waals surface area contributed by atoms with E-state index in [1.54, 1.807) is 0 Å². The van der Waals surface area contributed by atoms with Gasteiger partial charge in [0.2, 0.25) is 0 Å². The van der Waals surface area contributed by atoms with E-state index in [2.05, 4.69) is 104 Å². The predicted molar refractivity (Wildman–Crippen MR) is 145 cm³/mol. The Bertz CT molecular complexity index is 849. The topological polar surface area (TPSA) is 69.4 Å². The molecular weight excluding hydrogens is 563 g/mol. The van der Waals surface area contributed by atoms with Crippen molar-refractivity contribution in [3.63, 3.8) is 0 Å². The van der Waals surface area contributed by atoms with Gasteiger partial charge in [-0.05, 0) is 30.3 Å². The summed E-state index contributed by atoms with van der Waals surface area (Å²) < 4.78 is 19.9. The molecule has 3 aromatic rings. The number of epoxide rings is 1. The third kappa shape index (κ3) is 15.7. The summed E-state index contributed by atoms with van der Waals surface area (Å²) in [7, 11) is -0.446. The van der Waals surface area contributed by atoms with Crippen LogP contribution in [0.15, 0.2) is 91.0 Å². The van der Waals surface area contributed by atoms with Crippen LogP contribution in [0.5, 0.6) is 0 Å². The van der Waals surface area contributed by atoms with Crippen LogP contribution in [0.3, 0.4) is 0 Å². The fourth-order valence-electron chi connectivity index (χ4n) is 3.70. The molecule has 0 amide bonds. The van der Waals surface area contributed by atoms with Crippen molar-refractivity contribution < 1.29 is 39.9 Å². The Morgan fingerprint density at radius 1 is 0.703 bits per heavy atom. The first-order chi connectivity index (χ1) is 17.9. The van der Waals surface area contributed by atoms with Gasteiger partial charge in [0.05, 0.1) is 12.7 Å². The minimum atomic E-state index is -0.446. The summed E-state index contributed by atoms with van der Waals surface area (Å²) in [6.07, 6.45) is 12.4. The van der Waals surface area contributed by atoms with Crippen molar-refractivity contribution in [2.45, 2.75) is 57.5 Å². The molecule has 0 bridgehead atoms. The van der Waals surface area contributed by atoms with Crippen LogP contribution in [0, 0.1) is 13.3 Å². The van der Waals surface area contributed by atoms with Crippen LogP contribution in [0.25, 0.3) is 0 Å². The first kappa shape index (κ1) is 34.9. The smallest absolute Gasteiger partial charge is 0 e. The largest absolute Gasteiger partial charge is 0.0622 e. The van der Waals surface area contributed by atoms with E-state index < -0.39 is 7.92 Å². The molecule has 0 radical (unpaired) electrons. The van der Waals surface area contributed by atoms with Gasteiger partial charge in [-0.3, -0.25) is 6.29 Å². The van der Waals surface area contributed by atoms with Crippen molar-refractivity contribution in [1.82, 2.24) is 0 Å². The number of hydrogen-bond donors (Lipinski definition) is 0. The first-order valence-corrected chi connectivity index (χ1v) is 13.6. The normalized spacial score (nSPS) is 14.2. The Balaban J connectivity index is 0.000000596. The summed E-state index contributed by atoms with van der Waals surface area (Å²) in [6.45, 7) is 9.90. The number of rotatable bonds is 7. The van der Waals surface area contributed by atoms with Gasteiger partial charge in [0, 0.05) is 21.1 Å². The zero-order valence-corrected chi connectivity index (χ0v) is 24.0. The van der Waals surface area contributed by atoms with Gasteiger partial charge in [-0.15, -0.1) is 0 Å². The molecule has 1 atom stereocenters. The molecule has 0 aromatic heterocycles. The van der Waals surface area contributed by atoms with Gasteiger partial charge in [-0.2, -0.15) is 6.42 Å². The van der Waals surface area contributed by atoms with E-state index in [1.807, 2.05) is 6.29 Å². The molecule has 1 aliphatic heterocycles. The van der Waals surface area contributed by atoms with Crippen molar-refractivity contribution in [2.75, 3.05) is 6.61 Å². The van der Waals surface area contributed by atoms with Gasteiger partial charge in [0.25, 0.3) is 0 Å². The van der Waals surface area contributed by atoms with E-state index in [4.69, 9.17) is 14.0 Å². The fraction of sp³-hybridized carbons (Fsp3) is 0.323. The Hall–Kier alpha value is -2.11. The van der Waals surface area contributed by atoms with Crippen LogP contribution in [-0.2, 0) is 39.9 Å². The predicted octanol–water partition coefficient (Wildman–Crippen LogP) is 5.98. The number of benzene rings is 3. The molecule has 1 unspecified atom stereocenters. The van der Waals surface area contributed by atoms with E-state index in [9.17, 15) is 4.79 Å². The molecule has 1 saturated carbocycles. The van der Waals surface area contributed by atoms with Gasteiger partial charge in [0.15, 0.2) is 0 Å². The van der Waals surface area contributed by atoms with Crippen LogP contribution in [0.1, 0.15) is 51.4 Å². The summed E-state index contributed by atoms with van der Waals surface area (Å²) in [6, 6.07) is 32.3. The molecule has 6 heteroatoms. The van der Waals surface area contributed by atoms with Crippen molar-refractivity contribution in [1.29, 1.82) is 0 Å². The van der Waals surface area contributed by atoms with Gasteiger partial charge in [-0.25, -0.2) is 0 Å². The summed E-state index contributed by atoms with van der Waals surface area (Å²) in [5, 5.41) is 4.19. The first-order valence-electron chi connectivity index (χ1n) is 12.2. The third-order valence-electron chi connectivity index (χ3n) is 5.50. The van der Waals surface area contributed by atoms with Gasteiger partial charge in [-0.1, -0.05) is 130 Å². The minimum Gasteiger partial charge on any atom is -0.0622 e.